The first-order valence-electron chi connectivity index (χ1n) is 9.86. The summed E-state index contributed by atoms with van der Waals surface area (Å²) in [6, 6.07) is 15.9. The second kappa shape index (κ2) is 6.83. The quantitative estimate of drug-likeness (QED) is 0.517. The lowest BCUT2D eigenvalue weighted by atomic mass is 9.84. The first-order chi connectivity index (χ1) is 14.1. The number of Topliss-reactive ketones (excluding diaryl/α,β-unsaturated/α-hetero) is 1. The highest BCUT2D eigenvalue weighted by molar-refractivity contribution is 6.11. The van der Waals surface area contributed by atoms with Crippen LogP contribution in [0.4, 0.5) is 4.79 Å². The van der Waals surface area contributed by atoms with E-state index in [0.29, 0.717) is 11.1 Å². The van der Waals surface area contributed by atoms with E-state index in [2.05, 4.69) is 26.1 Å². The van der Waals surface area contributed by atoms with E-state index in [4.69, 9.17) is 4.42 Å². The molecule has 2 aromatic carbocycles. The SMILES string of the molecule is CC(C)(C)c1ccc(C2(C)NC(=O)N(CC(=O)c3cc4ccccc4o3)C2=O)cc1. The molecule has 0 spiro atoms. The Morgan fingerprint density at radius 3 is 2.37 bits per heavy atom. The van der Waals surface area contributed by atoms with Crippen molar-refractivity contribution in [2.75, 3.05) is 6.54 Å². The zero-order chi connectivity index (χ0) is 21.7. The first kappa shape index (κ1) is 19.9. The molecule has 6 nitrogen and oxygen atoms in total. The number of hydrogen-bond donors (Lipinski definition) is 1. The second-order valence-corrected chi connectivity index (χ2v) is 8.85. The van der Waals surface area contributed by atoms with Gasteiger partial charge in [0.25, 0.3) is 5.91 Å². The molecule has 0 radical (unpaired) electrons. The van der Waals surface area contributed by atoms with Gasteiger partial charge in [0.1, 0.15) is 11.1 Å². The number of imide groups is 1. The maximum absolute atomic E-state index is 13.1. The van der Waals surface area contributed by atoms with Gasteiger partial charge in [-0.25, -0.2) is 4.79 Å². The third-order valence-corrected chi connectivity index (χ3v) is 5.61. The van der Waals surface area contributed by atoms with Crippen LogP contribution >= 0.6 is 0 Å². The topological polar surface area (TPSA) is 79.6 Å². The number of nitrogens with one attached hydrogen (secondary N) is 1. The normalized spacial score (nSPS) is 19.4. The molecule has 3 amide bonds. The van der Waals surface area contributed by atoms with Gasteiger partial charge in [0.15, 0.2) is 5.76 Å². The molecule has 0 bridgehead atoms. The molecule has 1 saturated heterocycles. The van der Waals surface area contributed by atoms with Crippen molar-refractivity contribution in [1.29, 1.82) is 0 Å². The predicted octanol–water partition coefficient (Wildman–Crippen LogP) is 4.38. The Labute approximate surface area is 174 Å². The molecule has 1 aliphatic rings. The second-order valence-electron chi connectivity index (χ2n) is 8.85. The van der Waals surface area contributed by atoms with Gasteiger partial charge < -0.3 is 9.73 Å². The monoisotopic (exact) mass is 404 g/mol. The first-order valence-corrected chi connectivity index (χ1v) is 9.86. The number of furan rings is 1. The Hall–Kier alpha value is -3.41. The number of carbonyl (C=O) groups is 3. The van der Waals surface area contributed by atoms with Gasteiger partial charge in [-0.1, -0.05) is 63.2 Å². The van der Waals surface area contributed by atoms with Gasteiger partial charge >= 0.3 is 6.03 Å². The minimum Gasteiger partial charge on any atom is -0.453 e. The average Bonchev–Trinajstić information content (AvgIpc) is 3.23. The minimum absolute atomic E-state index is 0.0204. The Morgan fingerprint density at radius 2 is 1.73 bits per heavy atom. The summed E-state index contributed by atoms with van der Waals surface area (Å²) in [4.78, 5) is 39.3. The maximum atomic E-state index is 13.1. The molecule has 1 N–H and O–H groups in total. The van der Waals surface area contributed by atoms with Crippen molar-refractivity contribution >= 4 is 28.7 Å². The van der Waals surface area contributed by atoms with Crippen LogP contribution in [0, 0.1) is 0 Å². The molecule has 0 aliphatic carbocycles. The summed E-state index contributed by atoms with van der Waals surface area (Å²) < 4.78 is 5.57. The van der Waals surface area contributed by atoms with Crippen LogP contribution in [0.1, 0.15) is 49.4 Å². The van der Waals surface area contributed by atoms with Crippen LogP contribution in [-0.2, 0) is 15.7 Å². The number of fused-ring (bicyclic) bond motifs is 1. The third-order valence-electron chi connectivity index (χ3n) is 5.61. The lowest BCUT2D eigenvalue weighted by molar-refractivity contribution is -0.130. The Balaban J connectivity index is 1.56. The number of rotatable bonds is 4. The van der Waals surface area contributed by atoms with E-state index in [1.165, 1.54) is 0 Å². The smallest absolute Gasteiger partial charge is 0.325 e. The third kappa shape index (κ3) is 3.28. The zero-order valence-corrected chi connectivity index (χ0v) is 17.5. The molecule has 1 unspecified atom stereocenters. The van der Waals surface area contributed by atoms with Crippen LogP contribution in [0.5, 0.6) is 0 Å². The summed E-state index contributed by atoms with van der Waals surface area (Å²) in [5, 5.41) is 3.54. The van der Waals surface area contributed by atoms with Gasteiger partial charge in [0.05, 0.1) is 6.54 Å². The molecule has 1 aromatic heterocycles. The molecular formula is C24H24N2O4. The summed E-state index contributed by atoms with van der Waals surface area (Å²) in [6.07, 6.45) is 0. The number of nitrogens with zero attached hydrogens (tertiary/aromatic N) is 1. The maximum Gasteiger partial charge on any atom is 0.325 e. The van der Waals surface area contributed by atoms with Crippen LogP contribution in [0.25, 0.3) is 11.0 Å². The van der Waals surface area contributed by atoms with Crippen LogP contribution in [0.3, 0.4) is 0 Å². The molecular weight excluding hydrogens is 380 g/mol. The van der Waals surface area contributed by atoms with Crippen LogP contribution in [0.15, 0.2) is 59.0 Å². The summed E-state index contributed by atoms with van der Waals surface area (Å²) in [5.74, 6) is -0.762. The van der Waals surface area contributed by atoms with Gasteiger partial charge in [0.2, 0.25) is 5.78 Å². The molecule has 1 atom stereocenters. The highest BCUT2D eigenvalue weighted by Gasteiger charge is 2.49. The lowest BCUT2D eigenvalue weighted by Crippen LogP contribution is -2.41. The minimum atomic E-state index is -1.22. The highest BCUT2D eigenvalue weighted by atomic mass is 16.3. The Kier molecular flexibility index (Phi) is 4.53. The molecule has 4 rings (SSSR count). The van der Waals surface area contributed by atoms with Gasteiger partial charge in [0, 0.05) is 5.39 Å². The standard InChI is InChI=1S/C24H24N2O4/c1-23(2,3)16-9-11-17(12-10-16)24(4)21(28)26(22(29)25-24)14-18(27)20-13-15-7-5-6-8-19(15)30-20/h5-13H,14H2,1-4H3,(H,25,29). The average molecular weight is 404 g/mol. The fourth-order valence-corrected chi connectivity index (χ4v) is 3.68. The Bertz CT molecular complexity index is 1120. The van der Waals surface area contributed by atoms with E-state index in [-0.39, 0.29) is 17.7 Å². The number of urea groups is 1. The fourth-order valence-electron chi connectivity index (χ4n) is 3.68. The van der Waals surface area contributed by atoms with E-state index in [9.17, 15) is 14.4 Å². The molecule has 0 saturated carbocycles. The molecule has 30 heavy (non-hydrogen) atoms. The summed E-state index contributed by atoms with van der Waals surface area (Å²) in [6.45, 7) is 7.61. The molecule has 3 aromatic rings. The van der Waals surface area contributed by atoms with Crippen molar-refractivity contribution in [3.8, 4) is 0 Å². The van der Waals surface area contributed by atoms with Crippen molar-refractivity contribution in [1.82, 2.24) is 10.2 Å². The molecule has 154 valence electrons. The van der Waals surface area contributed by atoms with Crippen LogP contribution in [-0.4, -0.2) is 29.2 Å². The summed E-state index contributed by atoms with van der Waals surface area (Å²) in [7, 11) is 0. The number of amides is 3. The predicted molar refractivity (Wildman–Crippen MR) is 113 cm³/mol. The van der Waals surface area contributed by atoms with Crippen molar-refractivity contribution < 1.29 is 18.8 Å². The lowest BCUT2D eigenvalue weighted by Gasteiger charge is -2.24. The molecule has 1 fully saturated rings. The number of hydrogen-bond acceptors (Lipinski definition) is 4. The van der Waals surface area contributed by atoms with Crippen molar-refractivity contribution in [3.63, 3.8) is 0 Å². The number of para-hydroxylation sites is 1. The summed E-state index contributed by atoms with van der Waals surface area (Å²) >= 11 is 0. The van der Waals surface area contributed by atoms with Crippen molar-refractivity contribution in [2.24, 2.45) is 0 Å². The molecule has 1 aliphatic heterocycles. The van der Waals surface area contributed by atoms with E-state index >= 15 is 0 Å². The number of ketones is 1. The van der Waals surface area contributed by atoms with Crippen LogP contribution < -0.4 is 5.32 Å². The van der Waals surface area contributed by atoms with E-state index in [1.807, 2.05) is 42.5 Å². The summed E-state index contributed by atoms with van der Waals surface area (Å²) in [5.41, 5.74) is 1.15. The zero-order valence-electron chi connectivity index (χ0n) is 17.5. The van der Waals surface area contributed by atoms with Gasteiger partial charge in [-0.05, 0) is 35.6 Å². The number of benzene rings is 2. The van der Waals surface area contributed by atoms with E-state index in [1.54, 1.807) is 19.1 Å². The van der Waals surface area contributed by atoms with Gasteiger partial charge in [-0.2, -0.15) is 0 Å². The molecule has 6 heteroatoms. The van der Waals surface area contributed by atoms with Crippen molar-refractivity contribution in [2.45, 2.75) is 38.6 Å². The largest absolute Gasteiger partial charge is 0.453 e. The van der Waals surface area contributed by atoms with Gasteiger partial charge in [-0.15, -0.1) is 0 Å². The van der Waals surface area contributed by atoms with E-state index in [0.717, 1.165) is 15.8 Å². The highest BCUT2D eigenvalue weighted by Crippen LogP contribution is 2.31. The fraction of sp³-hybridized carbons (Fsp3) is 0.292. The van der Waals surface area contributed by atoms with Crippen molar-refractivity contribution in [3.05, 3.63) is 71.5 Å². The number of carbonyl (C=O) groups excluding carboxylic acids is 3. The Morgan fingerprint density at radius 1 is 1.07 bits per heavy atom. The van der Waals surface area contributed by atoms with Crippen LogP contribution in [0.2, 0.25) is 0 Å². The van der Waals surface area contributed by atoms with Gasteiger partial charge in [-0.3, -0.25) is 14.5 Å². The molecule has 2 heterocycles. The van der Waals surface area contributed by atoms with E-state index < -0.39 is 23.3 Å².